The average molecular weight is 251 g/mol. The Morgan fingerprint density at radius 2 is 1.82 bits per heavy atom. The average Bonchev–Trinajstić information content (AvgIpc) is 2.26. The van der Waals surface area contributed by atoms with E-state index < -0.39 is 10.1 Å². The van der Waals surface area contributed by atoms with Crippen molar-refractivity contribution >= 4 is 26.6 Å². The monoisotopic (exact) mass is 251 g/mol. The van der Waals surface area contributed by atoms with E-state index in [1.165, 1.54) is 12.1 Å². The molecule has 0 atom stereocenters. The van der Waals surface area contributed by atoms with Crippen molar-refractivity contribution in [3.63, 3.8) is 0 Å². The second kappa shape index (κ2) is 4.01. The molecule has 4 nitrogen and oxygen atoms in total. The summed E-state index contributed by atoms with van der Waals surface area (Å²) >= 11 is 0. The third-order valence-corrected chi connectivity index (χ3v) is 3.46. The Morgan fingerprint density at radius 3 is 2.41 bits per heavy atom. The lowest BCUT2D eigenvalue weighted by Gasteiger charge is -2.15. The molecule has 90 valence electrons. The molecule has 0 spiro atoms. The fourth-order valence-electron chi connectivity index (χ4n) is 1.79. The van der Waals surface area contributed by atoms with Gasteiger partial charge in [-0.25, -0.2) is 0 Å². The van der Waals surface area contributed by atoms with Gasteiger partial charge >= 0.3 is 0 Å². The number of hydrogen-bond donors (Lipinski definition) is 1. The molecule has 0 radical (unpaired) electrons. The maximum Gasteiger partial charge on any atom is 0.294 e. The highest BCUT2D eigenvalue weighted by Crippen LogP contribution is 2.27. The zero-order chi connectivity index (χ0) is 12.6. The Labute approximate surface area is 100 Å². The molecule has 0 aliphatic rings. The van der Waals surface area contributed by atoms with Gasteiger partial charge in [-0.15, -0.1) is 0 Å². The SMILES string of the molecule is CN(C)c1cccc2ccc(S(=O)(=O)O)cc12. The number of benzene rings is 2. The highest BCUT2D eigenvalue weighted by atomic mass is 32.2. The summed E-state index contributed by atoms with van der Waals surface area (Å²) in [6, 6.07) is 10.3. The minimum Gasteiger partial charge on any atom is -0.377 e. The van der Waals surface area contributed by atoms with E-state index >= 15 is 0 Å². The second-order valence-corrected chi connectivity index (χ2v) is 5.45. The lowest BCUT2D eigenvalue weighted by molar-refractivity contribution is 0.483. The molecule has 0 amide bonds. The molecule has 0 unspecified atom stereocenters. The highest BCUT2D eigenvalue weighted by molar-refractivity contribution is 7.85. The Hall–Kier alpha value is -1.59. The molecule has 5 heteroatoms. The Morgan fingerprint density at radius 1 is 1.12 bits per heavy atom. The molecule has 0 saturated heterocycles. The van der Waals surface area contributed by atoms with E-state index in [1.54, 1.807) is 6.07 Å². The van der Waals surface area contributed by atoms with Crippen LogP contribution in [0.25, 0.3) is 10.8 Å². The van der Waals surface area contributed by atoms with Gasteiger partial charge in [0.2, 0.25) is 0 Å². The van der Waals surface area contributed by atoms with Crippen molar-refractivity contribution in [3.8, 4) is 0 Å². The van der Waals surface area contributed by atoms with Crippen LogP contribution in [0.1, 0.15) is 0 Å². The van der Waals surface area contributed by atoms with Gasteiger partial charge in [-0.3, -0.25) is 4.55 Å². The van der Waals surface area contributed by atoms with Crippen LogP contribution in [0.3, 0.4) is 0 Å². The van der Waals surface area contributed by atoms with E-state index in [0.29, 0.717) is 0 Å². The van der Waals surface area contributed by atoms with E-state index in [0.717, 1.165) is 16.5 Å². The summed E-state index contributed by atoms with van der Waals surface area (Å²) in [5.74, 6) is 0. The molecule has 0 bridgehead atoms. The first kappa shape index (κ1) is 11.9. The third kappa shape index (κ3) is 2.25. The number of rotatable bonds is 2. The smallest absolute Gasteiger partial charge is 0.294 e. The maximum atomic E-state index is 11.1. The van der Waals surface area contributed by atoms with Crippen molar-refractivity contribution in [3.05, 3.63) is 36.4 Å². The first-order valence-corrected chi connectivity index (χ1v) is 6.51. The van der Waals surface area contributed by atoms with Crippen LogP contribution in [0.5, 0.6) is 0 Å². The van der Waals surface area contributed by atoms with Crippen LogP contribution < -0.4 is 4.90 Å². The van der Waals surface area contributed by atoms with Crippen LogP contribution in [0.15, 0.2) is 41.3 Å². The van der Waals surface area contributed by atoms with Gasteiger partial charge in [-0.1, -0.05) is 18.2 Å². The van der Waals surface area contributed by atoms with Gasteiger partial charge in [0.1, 0.15) is 0 Å². The fraction of sp³-hybridized carbons (Fsp3) is 0.167. The summed E-state index contributed by atoms with van der Waals surface area (Å²) in [6.45, 7) is 0. The van der Waals surface area contributed by atoms with Crippen LogP contribution >= 0.6 is 0 Å². The Balaban J connectivity index is 2.79. The van der Waals surface area contributed by atoms with E-state index in [2.05, 4.69) is 0 Å². The topological polar surface area (TPSA) is 57.6 Å². The van der Waals surface area contributed by atoms with Gasteiger partial charge in [-0.2, -0.15) is 8.42 Å². The Kier molecular flexibility index (Phi) is 2.81. The summed E-state index contributed by atoms with van der Waals surface area (Å²) < 4.78 is 31.2. The molecule has 17 heavy (non-hydrogen) atoms. The predicted molar refractivity (Wildman–Crippen MR) is 68.1 cm³/mol. The van der Waals surface area contributed by atoms with Crippen molar-refractivity contribution in [2.75, 3.05) is 19.0 Å². The molecule has 0 fully saturated rings. The first-order chi connectivity index (χ1) is 7.89. The molecular weight excluding hydrogens is 238 g/mol. The number of anilines is 1. The maximum absolute atomic E-state index is 11.1. The molecule has 0 aliphatic heterocycles. The Bertz CT molecular complexity index is 663. The largest absolute Gasteiger partial charge is 0.377 e. The fourth-order valence-corrected chi connectivity index (χ4v) is 2.29. The van der Waals surface area contributed by atoms with Crippen molar-refractivity contribution in [1.82, 2.24) is 0 Å². The van der Waals surface area contributed by atoms with Crippen molar-refractivity contribution in [2.24, 2.45) is 0 Å². The first-order valence-electron chi connectivity index (χ1n) is 5.07. The standard InChI is InChI=1S/C12H13NO3S/c1-13(2)12-5-3-4-9-6-7-10(8-11(9)12)17(14,15)16/h3-8H,1-2H3,(H,14,15,16). The zero-order valence-electron chi connectivity index (χ0n) is 9.58. The summed E-state index contributed by atoms with van der Waals surface area (Å²) in [5.41, 5.74) is 0.910. The molecule has 0 heterocycles. The van der Waals surface area contributed by atoms with Crippen molar-refractivity contribution in [2.45, 2.75) is 4.90 Å². The van der Waals surface area contributed by atoms with Gasteiger partial charge in [0, 0.05) is 25.2 Å². The van der Waals surface area contributed by atoms with E-state index in [-0.39, 0.29) is 4.90 Å². The quantitative estimate of drug-likeness (QED) is 0.831. The van der Waals surface area contributed by atoms with Crippen molar-refractivity contribution in [1.29, 1.82) is 0 Å². The minimum absolute atomic E-state index is 0.0840. The normalized spacial score (nSPS) is 11.7. The number of hydrogen-bond acceptors (Lipinski definition) is 3. The van der Waals surface area contributed by atoms with Gasteiger partial charge < -0.3 is 4.90 Å². The lowest BCUT2D eigenvalue weighted by atomic mass is 10.1. The van der Waals surface area contributed by atoms with E-state index in [9.17, 15) is 8.42 Å². The lowest BCUT2D eigenvalue weighted by Crippen LogP contribution is -2.09. The molecular formula is C12H13NO3S. The van der Waals surface area contributed by atoms with Gasteiger partial charge in [-0.05, 0) is 23.6 Å². The highest BCUT2D eigenvalue weighted by Gasteiger charge is 2.11. The molecule has 0 saturated carbocycles. The van der Waals surface area contributed by atoms with Gasteiger partial charge in [0.15, 0.2) is 0 Å². The van der Waals surface area contributed by atoms with E-state index in [4.69, 9.17) is 4.55 Å². The molecule has 2 aromatic rings. The predicted octanol–water partition coefficient (Wildman–Crippen LogP) is 2.15. The minimum atomic E-state index is -4.16. The van der Waals surface area contributed by atoms with Crippen LogP contribution in [-0.4, -0.2) is 27.1 Å². The van der Waals surface area contributed by atoms with Crippen molar-refractivity contribution < 1.29 is 13.0 Å². The number of nitrogens with zero attached hydrogens (tertiary/aromatic N) is 1. The molecule has 0 aromatic heterocycles. The van der Waals surface area contributed by atoms with Gasteiger partial charge in [0.25, 0.3) is 10.1 Å². The molecule has 2 aromatic carbocycles. The van der Waals surface area contributed by atoms with Crippen LogP contribution in [0.2, 0.25) is 0 Å². The van der Waals surface area contributed by atoms with Crippen LogP contribution in [0, 0.1) is 0 Å². The second-order valence-electron chi connectivity index (χ2n) is 4.03. The van der Waals surface area contributed by atoms with Gasteiger partial charge in [0.05, 0.1) is 4.90 Å². The number of fused-ring (bicyclic) bond motifs is 1. The van der Waals surface area contributed by atoms with Crippen LogP contribution in [0.4, 0.5) is 5.69 Å². The summed E-state index contributed by atoms with van der Waals surface area (Å²) in [6.07, 6.45) is 0. The third-order valence-electron chi connectivity index (χ3n) is 2.61. The zero-order valence-corrected chi connectivity index (χ0v) is 10.4. The molecule has 0 aliphatic carbocycles. The summed E-state index contributed by atoms with van der Waals surface area (Å²) in [4.78, 5) is 1.81. The van der Waals surface area contributed by atoms with E-state index in [1.807, 2.05) is 37.2 Å². The van der Waals surface area contributed by atoms with Crippen LogP contribution in [-0.2, 0) is 10.1 Å². The summed E-state index contributed by atoms with van der Waals surface area (Å²) in [7, 11) is -0.388. The summed E-state index contributed by atoms with van der Waals surface area (Å²) in [5, 5.41) is 1.73. The molecule has 2 rings (SSSR count). The molecule has 1 N–H and O–H groups in total.